The van der Waals surface area contributed by atoms with E-state index in [2.05, 4.69) is 16.3 Å². The van der Waals surface area contributed by atoms with Gasteiger partial charge in [-0.05, 0) is 26.6 Å². The van der Waals surface area contributed by atoms with Gasteiger partial charge in [-0.1, -0.05) is 6.08 Å². The van der Waals surface area contributed by atoms with E-state index < -0.39 is 0 Å². The van der Waals surface area contributed by atoms with Gasteiger partial charge >= 0.3 is 0 Å². The van der Waals surface area contributed by atoms with E-state index in [0.29, 0.717) is 18.3 Å². The van der Waals surface area contributed by atoms with Gasteiger partial charge in [0.15, 0.2) is 0 Å². The van der Waals surface area contributed by atoms with Crippen molar-refractivity contribution in [3.63, 3.8) is 0 Å². The Hall–Kier alpha value is -1.90. The molecule has 0 aromatic heterocycles. The van der Waals surface area contributed by atoms with Crippen LogP contribution in [0.15, 0.2) is 29.0 Å². The molecule has 8 heteroatoms. The Balaban J connectivity index is 1.51. The van der Waals surface area contributed by atoms with Crippen molar-refractivity contribution in [3.8, 4) is 0 Å². The summed E-state index contributed by atoms with van der Waals surface area (Å²) >= 11 is 0. The van der Waals surface area contributed by atoms with Gasteiger partial charge < -0.3 is 25.6 Å². The Bertz CT molecular complexity index is 624. The third-order valence-electron chi connectivity index (χ3n) is 5.30. The number of nitrogens with zero attached hydrogens (tertiary/aromatic N) is 4. The van der Waals surface area contributed by atoms with E-state index in [1.807, 2.05) is 30.0 Å². The number of likely N-dealkylation sites (N-methyl/N-ethyl adjacent to an activating group) is 1. The molecule has 1 unspecified atom stereocenters. The third kappa shape index (κ3) is 6.32. The lowest BCUT2D eigenvalue weighted by Gasteiger charge is -2.31. The van der Waals surface area contributed by atoms with E-state index in [9.17, 15) is 4.79 Å². The predicted molar refractivity (Wildman–Crippen MR) is 111 cm³/mol. The molecular weight excluding hydrogens is 356 g/mol. The number of aliphatic imine (C=N–C) groups is 1. The molecule has 0 aromatic carbocycles. The first-order chi connectivity index (χ1) is 13.5. The van der Waals surface area contributed by atoms with E-state index in [0.717, 1.165) is 64.6 Å². The van der Waals surface area contributed by atoms with Crippen LogP contribution in [0.3, 0.4) is 0 Å². The Labute approximate surface area is 168 Å². The van der Waals surface area contributed by atoms with Crippen LogP contribution in [-0.2, 0) is 9.53 Å². The van der Waals surface area contributed by atoms with Crippen molar-refractivity contribution < 1.29 is 9.53 Å². The van der Waals surface area contributed by atoms with Gasteiger partial charge in [0.1, 0.15) is 5.84 Å². The van der Waals surface area contributed by atoms with Gasteiger partial charge in [0, 0.05) is 57.7 Å². The Morgan fingerprint density at radius 1 is 1.39 bits per heavy atom. The predicted octanol–water partition coefficient (Wildman–Crippen LogP) is -0.155. The maximum atomic E-state index is 12.3. The minimum absolute atomic E-state index is 0.0748. The monoisotopic (exact) mass is 390 g/mol. The lowest BCUT2D eigenvalue weighted by Crippen LogP contribution is -2.42. The van der Waals surface area contributed by atoms with Crippen LogP contribution in [-0.4, -0.2) is 99.1 Å². The number of carbonyl (C=O) groups is 1. The zero-order chi connectivity index (χ0) is 19.9. The van der Waals surface area contributed by atoms with Gasteiger partial charge in [0.2, 0.25) is 5.91 Å². The van der Waals surface area contributed by atoms with E-state index in [1.165, 1.54) is 0 Å². The second kappa shape index (κ2) is 10.0. The van der Waals surface area contributed by atoms with Crippen molar-refractivity contribution in [2.24, 2.45) is 16.6 Å². The molecule has 156 valence electrons. The Morgan fingerprint density at radius 3 is 2.93 bits per heavy atom. The van der Waals surface area contributed by atoms with Crippen molar-refractivity contribution in [2.45, 2.75) is 18.9 Å². The van der Waals surface area contributed by atoms with Crippen LogP contribution in [0.4, 0.5) is 0 Å². The summed E-state index contributed by atoms with van der Waals surface area (Å²) in [5.74, 6) is 2.07. The number of likely N-dealkylation sites (tertiary alicyclic amines) is 1. The molecule has 0 spiro atoms. The van der Waals surface area contributed by atoms with E-state index >= 15 is 0 Å². The molecule has 3 aliphatic heterocycles. The number of carbonyl (C=O) groups excluding carboxylic acids is 1. The van der Waals surface area contributed by atoms with Gasteiger partial charge in [-0.25, -0.2) is 0 Å². The number of ether oxygens (including phenoxy) is 1. The summed E-state index contributed by atoms with van der Waals surface area (Å²) in [5, 5.41) is 3.22. The number of nitrogens with two attached hydrogens (primary N) is 1. The van der Waals surface area contributed by atoms with Crippen LogP contribution in [0.2, 0.25) is 0 Å². The Morgan fingerprint density at radius 2 is 2.18 bits per heavy atom. The molecule has 2 saturated heterocycles. The molecule has 0 aliphatic carbocycles. The number of hydrogen-bond acceptors (Lipinski definition) is 6. The first kappa shape index (κ1) is 20.8. The minimum atomic E-state index is 0.0748. The lowest BCUT2D eigenvalue weighted by atomic mass is 10.00. The lowest BCUT2D eigenvalue weighted by molar-refractivity contribution is -0.125. The van der Waals surface area contributed by atoms with Gasteiger partial charge in [0.05, 0.1) is 25.1 Å². The zero-order valence-electron chi connectivity index (χ0n) is 17.1. The highest BCUT2D eigenvalue weighted by Crippen LogP contribution is 2.18. The molecule has 1 amide bonds. The van der Waals surface area contributed by atoms with Gasteiger partial charge in [-0.15, -0.1) is 0 Å². The summed E-state index contributed by atoms with van der Waals surface area (Å²) in [6, 6.07) is 0.142. The molecule has 3 aliphatic rings. The van der Waals surface area contributed by atoms with Crippen LogP contribution < -0.4 is 11.1 Å². The zero-order valence-corrected chi connectivity index (χ0v) is 17.1. The SMILES string of the molecule is CN(C)C/C=C/C(=O)N1CC[C@H](N=C2CC(CN3CCOCC3)C=C(N)N2)C1. The normalized spacial score (nSPS) is 28.2. The molecule has 0 bridgehead atoms. The summed E-state index contributed by atoms with van der Waals surface area (Å²) in [4.78, 5) is 23.5. The van der Waals surface area contributed by atoms with Crippen molar-refractivity contribution in [1.29, 1.82) is 0 Å². The number of hydrogen-bond donors (Lipinski definition) is 2. The third-order valence-corrected chi connectivity index (χ3v) is 5.30. The number of nitrogens with one attached hydrogen (secondary N) is 1. The van der Waals surface area contributed by atoms with Crippen molar-refractivity contribution in [1.82, 2.24) is 20.0 Å². The van der Waals surface area contributed by atoms with Crippen LogP contribution in [0, 0.1) is 5.92 Å². The fraction of sp³-hybridized carbons (Fsp3) is 0.700. The second-order valence-electron chi connectivity index (χ2n) is 8.09. The largest absolute Gasteiger partial charge is 0.385 e. The molecule has 2 fully saturated rings. The average molecular weight is 391 g/mol. The Kier molecular flexibility index (Phi) is 7.47. The summed E-state index contributed by atoms with van der Waals surface area (Å²) in [6.45, 7) is 6.75. The van der Waals surface area contributed by atoms with E-state index in [-0.39, 0.29) is 11.9 Å². The van der Waals surface area contributed by atoms with Crippen molar-refractivity contribution >= 4 is 11.7 Å². The highest BCUT2D eigenvalue weighted by Gasteiger charge is 2.27. The quantitative estimate of drug-likeness (QED) is 0.613. The second-order valence-corrected chi connectivity index (χ2v) is 8.09. The number of rotatable bonds is 6. The molecule has 3 rings (SSSR count). The highest BCUT2D eigenvalue weighted by atomic mass is 16.5. The molecule has 3 heterocycles. The summed E-state index contributed by atoms with van der Waals surface area (Å²) in [5.41, 5.74) is 6.10. The molecule has 0 aromatic rings. The maximum absolute atomic E-state index is 12.3. The van der Waals surface area contributed by atoms with E-state index in [4.69, 9.17) is 15.5 Å². The number of morpholine rings is 1. The average Bonchev–Trinajstić information content (AvgIpc) is 3.10. The minimum Gasteiger partial charge on any atom is -0.385 e. The van der Waals surface area contributed by atoms with Crippen molar-refractivity contribution in [2.75, 3.05) is 66.6 Å². The number of amides is 1. The van der Waals surface area contributed by atoms with Crippen LogP contribution in [0.1, 0.15) is 12.8 Å². The topological polar surface area (TPSA) is 86.4 Å². The van der Waals surface area contributed by atoms with Gasteiger partial charge in [-0.2, -0.15) is 0 Å². The van der Waals surface area contributed by atoms with Crippen LogP contribution in [0.25, 0.3) is 0 Å². The van der Waals surface area contributed by atoms with Gasteiger partial charge in [0.25, 0.3) is 0 Å². The first-order valence-corrected chi connectivity index (χ1v) is 10.2. The van der Waals surface area contributed by atoms with Crippen molar-refractivity contribution in [3.05, 3.63) is 24.0 Å². The molecule has 8 nitrogen and oxygen atoms in total. The maximum Gasteiger partial charge on any atom is 0.246 e. The number of amidine groups is 1. The first-order valence-electron chi connectivity index (χ1n) is 10.2. The molecular formula is C20H34N6O2. The summed E-state index contributed by atoms with van der Waals surface area (Å²) in [6.07, 6.45) is 7.45. The van der Waals surface area contributed by atoms with Crippen LogP contribution in [0.5, 0.6) is 0 Å². The molecule has 0 saturated carbocycles. The molecule has 3 N–H and O–H groups in total. The molecule has 28 heavy (non-hydrogen) atoms. The smallest absolute Gasteiger partial charge is 0.246 e. The standard InChI is InChI=1S/C20H34N6O2/c1-24(2)6-3-4-20(27)26-7-5-17(15-26)22-19-13-16(12-18(21)23-19)14-25-8-10-28-11-9-25/h3-4,12,16-17H,5-11,13-15,21H2,1-2H3,(H,22,23)/b4-3+/t16?,17-/m0/s1. The fourth-order valence-electron chi connectivity index (χ4n) is 3.88. The van der Waals surface area contributed by atoms with E-state index in [1.54, 1.807) is 6.08 Å². The summed E-state index contributed by atoms with van der Waals surface area (Å²) < 4.78 is 5.43. The molecule has 2 atom stereocenters. The van der Waals surface area contributed by atoms with Crippen LogP contribution >= 0.6 is 0 Å². The summed E-state index contributed by atoms with van der Waals surface area (Å²) in [7, 11) is 3.97. The highest BCUT2D eigenvalue weighted by molar-refractivity contribution is 5.88. The fourth-order valence-corrected chi connectivity index (χ4v) is 3.88. The molecule has 0 radical (unpaired) electrons. The van der Waals surface area contributed by atoms with Gasteiger partial charge in [-0.3, -0.25) is 14.7 Å².